The average molecular weight is 294 g/mol. The van der Waals surface area contributed by atoms with Gasteiger partial charge in [0.15, 0.2) is 0 Å². The van der Waals surface area contributed by atoms with Crippen LogP contribution in [0.5, 0.6) is 0 Å². The second kappa shape index (κ2) is 9.26. The Kier molecular flexibility index (Phi) is 7.31. The molecule has 0 radical (unpaired) electrons. The van der Waals surface area contributed by atoms with Gasteiger partial charge in [-0.25, -0.2) is 0 Å². The lowest BCUT2D eigenvalue weighted by molar-refractivity contribution is 0.274. The Labute approximate surface area is 129 Å². The Morgan fingerprint density at radius 3 is 1.57 bits per heavy atom. The van der Waals surface area contributed by atoms with Gasteiger partial charge in [-0.1, -0.05) is 38.8 Å². The van der Waals surface area contributed by atoms with E-state index in [1.165, 1.54) is 38.5 Å². The van der Waals surface area contributed by atoms with Crippen LogP contribution in [0, 0.1) is 0 Å². The van der Waals surface area contributed by atoms with Crippen LogP contribution in [-0.2, 0) is 14.2 Å². The van der Waals surface area contributed by atoms with Crippen LogP contribution in [0.25, 0.3) is 0 Å². The minimum atomic E-state index is 0.565. The van der Waals surface area contributed by atoms with Crippen LogP contribution < -0.4 is 0 Å². The molecule has 2 atom stereocenters. The van der Waals surface area contributed by atoms with E-state index in [0.717, 1.165) is 50.4 Å². The number of ether oxygens (including phenoxy) is 3. The van der Waals surface area contributed by atoms with Crippen molar-refractivity contribution in [1.29, 1.82) is 0 Å². The molecule has 2 aliphatic rings. The summed E-state index contributed by atoms with van der Waals surface area (Å²) in [7, 11) is 0. The van der Waals surface area contributed by atoms with Crippen LogP contribution >= 0.6 is 0 Å². The van der Waals surface area contributed by atoms with E-state index in [-0.39, 0.29) is 0 Å². The first-order chi connectivity index (χ1) is 10.2. The van der Waals surface area contributed by atoms with Crippen molar-refractivity contribution in [3.05, 3.63) is 24.7 Å². The predicted molar refractivity (Wildman–Crippen MR) is 85.0 cm³/mol. The molecule has 2 saturated heterocycles. The maximum Gasteiger partial charge on any atom is 0.0964 e. The van der Waals surface area contributed by atoms with Crippen molar-refractivity contribution in [3.8, 4) is 0 Å². The molecule has 0 bridgehead atoms. The summed E-state index contributed by atoms with van der Waals surface area (Å²) in [5.74, 6) is 1.74. The molecule has 2 unspecified atom stereocenters. The van der Waals surface area contributed by atoms with Gasteiger partial charge in [0.2, 0.25) is 0 Å². The predicted octanol–water partition coefficient (Wildman–Crippen LogP) is 4.73. The highest BCUT2D eigenvalue weighted by molar-refractivity contribution is 4.93. The first-order valence-electron chi connectivity index (χ1n) is 8.50. The van der Waals surface area contributed by atoms with Gasteiger partial charge in [-0.3, -0.25) is 0 Å². The molecule has 2 aliphatic heterocycles. The third kappa shape index (κ3) is 8.94. The summed E-state index contributed by atoms with van der Waals surface area (Å²) in [6, 6.07) is 0. The lowest BCUT2D eigenvalue weighted by Crippen LogP contribution is -1.93. The van der Waals surface area contributed by atoms with Gasteiger partial charge in [-0.2, -0.15) is 0 Å². The monoisotopic (exact) mass is 294 g/mol. The van der Waals surface area contributed by atoms with Crippen molar-refractivity contribution in [2.24, 2.45) is 0 Å². The Hall–Kier alpha value is -0.800. The number of rotatable bonds is 14. The Morgan fingerprint density at radius 2 is 1.19 bits per heavy atom. The highest BCUT2D eigenvalue weighted by atomic mass is 16.6. The summed E-state index contributed by atoms with van der Waals surface area (Å²) in [5.41, 5.74) is 0. The fraction of sp³-hybridized carbons (Fsp3) is 0.778. The zero-order chi connectivity index (χ0) is 14.9. The van der Waals surface area contributed by atoms with Crippen molar-refractivity contribution in [2.75, 3.05) is 13.2 Å². The van der Waals surface area contributed by atoms with Crippen molar-refractivity contribution in [1.82, 2.24) is 0 Å². The van der Waals surface area contributed by atoms with Gasteiger partial charge in [-0.15, -0.1) is 0 Å². The maximum absolute atomic E-state index is 5.69. The molecular weight excluding hydrogens is 264 g/mol. The molecule has 3 nitrogen and oxygen atoms in total. The van der Waals surface area contributed by atoms with Gasteiger partial charge in [0.1, 0.15) is 0 Å². The van der Waals surface area contributed by atoms with E-state index in [1.807, 2.05) is 0 Å². The minimum Gasteiger partial charge on any atom is -0.467 e. The van der Waals surface area contributed by atoms with Crippen LogP contribution in [0.2, 0.25) is 0 Å². The first-order valence-corrected chi connectivity index (χ1v) is 8.50. The molecule has 2 fully saturated rings. The lowest BCUT2D eigenvalue weighted by atomic mass is 10.1. The van der Waals surface area contributed by atoms with Crippen molar-refractivity contribution in [3.63, 3.8) is 0 Å². The Bertz CT molecular complexity index is 297. The fourth-order valence-corrected chi connectivity index (χ4v) is 2.52. The molecule has 0 spiro atoms. The zero-order valence-corrected chi connectivity index (χ0v) is 13.3. The van der Waals surface area contributed by atoms with Crippen molar-refractivity contribution in [2.45, 2.75) is 76.4 Å². The second-order valence-electron chi connectivity index (χ2n) is 6.29. The maximum atomic E-state index is 5.69. The van der Waals surface area contributed by atoms with E-state index in [1.54, 1.807) is 0 Å². The molecule has 0 saturated carbocycles. The van der Waals surface area contributed by atoms with Crippen LogP contribution in [0.15, 0.2) is 24.7 Å². The van der Waals surface area contributed by atoms with E-state index < -0.39 is 0 Å². The molecule has 3 heteroatoms. The van der Waals surface area contributed by atoms with Gasteiger partial charge >= 0.3 is 0 Å². The Balaban J connectivity index is 1.36. The smallest absolute Gasteiger partial charge is 0.0964 e. The first kappa shape index (κ1) is 16.6. The molecule has 2 rings (SSSR count). The van der Waals surface area contributed by atoms with Gasteiger partial charge in [0.05, 0.1) is 36.9 Å². The Morgan fingerprint density at radius 1 is 0.762 bits per heavy atom. The number of hydrogen-bond acceptors (Lipinski definition) is 3. The topological polar surface area (TPSA) is 34.3 Å². The normalized spacial score (nSPS) is 22.9. The molecule has 21 heavy (non-hydrogen) atoms. The van der Waals surface area contributed by atoms with Crippen molar-refractivity contribution < 1.29 is 14.2 Å². The summed E-state index contributed by atoms with van der Waals surface area (Å²) < 4.78 is 16.1. The van der Waals surface area contributed by atoms with Gasteiger partial charge < -0.3 is 14.2 Å². The summed E-state index contributed by atoms with van der Waals surface area (Å²) in [5, 5.41) is 0. The molecule has 0 N–H and O–H groups in total. The standard InChI is InChI=1S/C18H30O3/c1-15(9-5-3-7-11-17-13-19-17)21-16(2)10-6-4-8-12-18-14-20-18/h17-18H,1-14H2. The minimum absolute atomic E-state index is 0.565. The fourth-order valence-electron chi connectivity index (χ4n) is 2.52. The number of hydrogen-bond donors (Lipinski definition) is 0. The zero-order valence-electron chi connectivity index (χ0n) is 13.3. The molecule has 0 aromatic rings. The molecule has 120 valence electrons. The van der Waals surface area contributed by atoms with Crippen LogP contribution in [0.4, 0.5) is 0 Å². The second-order valence-corrected chi connectivity index (χ2v) is 6.29. The summed E-state index contributed by atoms with van der Waals surface area (Å²) in [6.45, 7) is 9.93. The largest absolute Gasteiger partial charge is 0.467 e. The third-order valence-corrected chi connectivity index (χ3v) is 4.06. The van der Waals surface area contributed by atoms with Gasteiger partial charge in [0, 0.05) is 12.8 Å². The van der Waals surface area contributed by atoms with Crippen LogP contribution in [-0.4, -0.2) is 25.4 Å². The van der Waals surface area contributed by atoms with Crippen LogP contribution in [0.3, 0.4) is 0 Å². The highest BCUT2D eigenvalue weighted by Gasteiger charge is 2.21. The third-order valence-electron chi connectivity index (χ3n) is 4.06. The average Bonchev–Trinajstić information content (AvgIpc) is 3.32. The quantitative estimate of drug-likeness (QED) is 0.264. The van der Waals surface area contributed by atoms with E-state index in [2.05, 4.69) is 13.2 Å². The van der Waals surface area contributed by atoms with E-state index in [4.69, 9.17) is 14.2 Å². The summed E-state index contributed by atoms with van der Waals surface area (Å²) in [4.78, 5) is 0. The molecule has 0 aromatic heterocycles. The number of unbranched alkanes of at least 4 members (excludes halogenated alkanes) is 4. The van der Waals surface area contributed by atoms with E-state index in [9.17, 15) is 0 Å². The van der Waals surface area contributed by atoms with E-state index in [0.29, 0.717) is 12.2 Å². The SMILES string of the molecule is C=C(CCCCCC1CO1)OC(=C)CCCCCC1CO1. The van der Waals surface area contributed by atoms with E-state index >= 15 is 0 Å². The summed E-state index contributed by atoms with van der Waals surface area (Å²) >= 11 is 0. The molecule has 2 heterocycles. The summed E-state index contributed by atoms with van der Waals surface area (Å²) in [6.07, 6.45) is 12.7. The van der Waals surface area contributed by atoms with Gasteiger partial charge in [-0.05, 0) is 25.7 Å². The van der Waals surface area contributed by atoms with Crippen molar-refractivity contribution >= 4 is 0 Å². The highest BCUT2D eigenvalue weighted by Crippen LogP contribution is 2.21. The van der Waals surface area contributed by atoms with Gasteiger partial charge in [0.25, 0.3) is 0 Å². The number of epoxide rings is 2. The molecule has 0 amide bonds. The molecular formula is C18H30O3. The molecule has 0 aromatic carbocycles. The molecule has 0 aliphatic carbocycles. The lowest BCUT2D eigenvalue weighted by Gasteiger charge is -2.11. The number of allylic oxidation sites excluding steroid dienone is 2. The van der Waals surface area contributed by atoms with Crippen LogP contribution in [0.1, 0.15) is 64.2 Å².